The first-order valence-corrected chi connectivity index (χ1v) is 10.1. The van der Waals surface area contributed by atoms with Gasteiger partial charge < -0.3 is 11.1 Å². The molecule has 0 fully saturated rings. The summed E-state index contributed by atoms with van der Waals surface area (Å²) in [5.74, 6) is -0.621. The number of halogens is 4. The summed E-state index contributed by atoms with van der Waals surface area (Å²) in [6.07, 6.45) is -1.51. The molecule has 3 rings (SSSR count). The average molecular weight is 450 g/mol. The van der Waals surface area contributed by atoms with Gasteiger partial charge in [-0.1, -0.05) is 0 Å². The Morgan fingerprint density at radius 2 is 1.97 bits per heavy atom. The molecule has 2 heterocycles. The predicted molar refractivity (Wildman–Crippen MR) is 102 cm³/mol. The van der Waals surface area contributed by atoms with Crippen molar-refractivity contribution in [3.05, 3.63) is 34.5 Å². The number of carbonyl (C=O) groups excluding carboxylic acids is 1. The van der Waals surface area contributed by atoms with Crippen molar-refractivity contribution in [2.45, 2.75) is 57.3 Å². The van der Waals surface area contributed by atoms with Gasteiger partial charge in [0.05, 0.1) is 11.9 Å². The number of alkyl halides is 3. The average Bonchev–Trinajstić information content (AvgIpc) is 3.22. The number of urea groups is 1. The highest BCUT2D eigenvalue weighted by Gasteiger charge is 2.37. The molecule has 8 nitrogen and oxygen atoms in total. The number of rotatable bonds is 3. The molecule has 0 bridgehead atoms. The van der Waals surface area contributed by atoms with Gasteiger partial charge in [0.15, 0.2) is 10.8 Å². The first kappa shape index (κ1) is 23.7. The fraction of sp³-hybridized carbons (Fsp3) is 0.471. The van der Waals surface area contributed by atoms with Gasteiger partial charge in [-0.05, 0) is 45.6 Å². The zero-order valence-electron chi connectivity index (χ0n) is 16.5. The van der Waals surface area contributed by atoms with E-state index in [1.165, 1.54) is 17.8 Å². The number of hydrogen-bond donors (Lipinski definition) is 3. The first-order chi connectivity index (χ1) is 13.8. The van der Waals surface area contributed by atoms with Crippen LogP contribution >= 0.6 is 0 Å². The van der Waals surface area contributed by atoms with Crippen molar-refractivity contribution >= 4 is 22.7 Å². The summed E-state index contributed by atoms with van der Waals surface area (Å²) in [4.78, 5) is 14.6. The number of fused-ring (bicyclic) bond motifs is 1. The summed E-state index contributed by atoms with van der Waals surface area (Å²) in [7, 11) is -1.84. The normalized spacial score (nSPS) is 14.2. The summed E-state index contributed by atoms with van der Waals surface area (Å²) in [5.41, 5.74) is 5.19. The van der Waals surface area contributed by atoms with E-state index in [1.807, 2.05) is 13.8 Å². The smallest absolute Gasteiger partial charge is 0.351 e. The second kappa shape index (κ2) is 9.08. The quantitative estimate of drug-likeness (QED) is 0.621. The summed E-state index contributed by atoms with van der Waals surface area (Å²) >= 11 is 0. The molecule has 5 N–H and O–H groups in total. The van der Waals surface area contributed by atoms with Gasteiger partial charge in [0.2, 0.25) is 0 Å². The van der Waals surface area contributed by atoms with Crippen molar-refractivity contribution in [1.29, 1.82) is 0 Å². The minimum absolute atomic E-state index is 0.0387. The number of carbonyl (C=O) groups is 1. The molecule has 2 amide bonds. The number of primary amides is 1. The maximum Gasteiger partial charge on any atom is 0.433 e. The number of hydrogen-bond acceptors (Lipinski definition) is 4. The standard InChI is InChI=1S/C11H12F3N3O.C6H10FN3OS/c1-5-8(17-10(15)18)6-3-2-4-7(6)16-9(5)11(12,13)14;1-4(2)10-3-5(7)6(9-10)12(8)11/h2-4H2,1H3,(H3,15,16,17,18);3-4H,8H2,1-2H3. The molecule has 166 valence electrons. The summed E-state index contributed by atoms with van der Waals surface area (Å²) < 4.78 is 63.4. The molecule has 0 spiro atoms. The van der Waals surface area contributed by atoms with E-state index in [4.69, 9.17) is 10.9 Å². The Kier molecular flexibility index (Phi) is 7.18. The van der Waals surface area contributed by atoms with Gasteiger partial charge in [0, 0.05) is 17.3 Å². The molecule has 0 aromatic carbocycles. The highest BCUT2D eigenvalue weighted by molar-refractivity contribution is 7.82. The monoisotopic (exact) mass is 450 g/mol. The Hall–Kier alpha value is -2.54. The third kappa shape index (κ3) is 5.33. The second-order valence-corrected chi connectivity index (χ2v) is 7.86. The van der Waals surface area contributed by atoms with E-state index in [0.717, 1.165) is 6.42 Å². The van der Waals surface area contributed by atoms with Crippen LogP contribution in [-0.4, -0.2) is 25.0 Å². The van der Waals surface area contributed by atoms with Crippen LogP contribution in [0.5, 0.6) is 0 Å². The number of aryl methyl sites for hydroxylation is 1. The third-order valence-electron chi connectivity index (χ3n) is 4.36. The van der Waals surface area contributed by atoms with Crippen molar-refractivity contribution in [3.63, 3.8) is 0 Å². The van der Waals surface area contributed by atoms with E-state index >= 15 is 0 Å². The number of nitrogens with zero attached hydrogens (tertiary/aromatic N) is 3. The Bertz CT molecular complexity index is 974. The van der Waals surface area contributed by atoms with Crippen LogP contribution in [0.15, 0.2) is 11.2 Å². The number of aromatic nitrogens is 3. The van der Waals surface area contributed by atoms with Gasteiger partial charge in [-0.25, -0.2) is 23.5 Å². The van der Waals surface area contributed by atoms with Crippen LogP contribution in [0.4, 0.5) is 28.0 Å². The second-order valence-electron chi connectivity index (χ2n) is 6.88. The van der Waals surface area contributed by atoms with Gasteiger partial charge in [-0.15, -0.1) is 0 Å². The Morgan fingerprint density at radius 3 is 2.40 bits per heavy atom. The van der Waals surface area contributed by atoms with E-state index in [1.54, 1.807) is 0 Å². The Balaban J connectivity index is 0.000000232. The third-order valence-corrected chi connectivity index (χ3v) is 5.02. The van der Waals surface area contributed by atoms with Crippen LogP contribution in [-0.2, 0) is 30.0 Å². The van der Waals surface area contributed by atoms with Crippen LogP contribution in [0, 0.1) is 12.7 Å². The van der Waals surface area contributed by atoms with E-state index in [-0.39, 0.29) is 22.3 Å². The predicted octanol–water partition coefficient (Wildman–Crippen LogP) is 2.97. The lowest BCUT2D eigenvalue weighted by Gasteiger charge is -2.17. The van der Waals surface area contributed by atoms with Crippen LogP contribution in [0.1, 0.15) is 48.8 Å². The Morgan fingerprint density at radius 1 is 1.33 bits per heavy atom. The van der Waals surface area contributed by atoms with Crippen LogP contribution < -0.4 is 16.2 Å². The minimum atomic E-state index is -4.53. The zero-order chi connectivity index (χ0) is 22.8. The lowest BCUT2D eigenvalue weighted by Crippen LogP contribution is -2.23. The highest BCUT2D eigenvalue weighted by atomic mass is 32.2. The topological polar surface area (TPSA) is 129 Å². The summed E-state index contributed by atoms with van der Waals surface area (Å²) in [6, 6.07) is -0.830. The fourth-order valence-electron chi connectivity index (χ4n) is 3.01. The SMILES string of the molecule is CC(C)n1cc(F)c(S(N)=O)n1.Cc1c(C(F)(F)F)nc2c(c1NC(N)=O)CCC2. The molecule has 30 heavy (non-hydrogen) atoms. The molecule has 1 aliphatic rings. The zero-order valence-corrected chi connectivity index (χ0v) is 17.3. The molecule has 0 radical (unpaired) electrons. The van der Waals surface area contributed by atoms with Gasteiger partial charge in [-0.2, -0.15) is 18.3 Å². The van der Waals surface area contributed by atoms with E-state index in [9.17, 15) is 26.6 Å². The molecular weight excluding hydrogens is 428 g/mol. The maximum absolute atomic E-state index is 12.9. The number of nitrogens with two attached hydrogens (primary N) is 2. The van der Waals surface area contributed by atoms with E-state index in [0.29, 0.717) is 24.1 Å². The fourth-order valence-corrected chi connectivity index (χ4v) is 3.43. The molecule has 1 aliphatic carbocycles. The molecule has 1 atom stereocenters. The summed E-state index contributed by atoms with van der Waals surface area (Å²) in [6.45, 7) is 4.98. The van der Waals surface area contributed by atoms with Crippen molar-refractivity contribution in [2.75, 3.05) is 5.32 Å². The van der Waals surface area contributed by atoms with Crippen LogP contribution in [0.25, 0.3) is 0 Å². The van der Waals surface area contributed by atoms with Crippen LogP contribution in [0.2, 0.25) is 0 Å². The Labute approximate surface area is 172 Å². The van der Waals surface area contributed by atoms with Gasteiger partial charge in [0.1, 0.15) is 16.7 Å². The molecule has 2 aromatic heterocycles. The molecule has 1 unspecified atom stereocenters. The van der Waals surface area contributed by atoms with Crippen molar-refractivity contribution in [1.82, 2.24) is 14.8 Å². The molecule has 0 aliphatic heterocycles. The number of nitrogens with one attached hydrogen (secondary N) is 1. The maximum atomic E-state index is 12.9. The van der Waals surface area contributed by atoms with Gasteiger partial charge >= 0.3 is 12.2 Å². The molecular formula is C17H22F4N6O2S. The van der Waals surface area contributed by atoms with Crippen molar-refractivity contribution in [3.8, 4) is 0 Å². The lowest BCUT2D eigenvalue weighted by molar-refractivity contribution is -0.141. The van der Waals surface area contributed by atoms with Crippen molar-refractivity contribution in [2.24, 2.45) is 10.9 Å². The summed E-state index contributed by atoms with van der Waals surface area (Å²) in [5, 5.41) is 10.8. The molecule has 13 heteroatoms. The first-order valence-electron chi connectivity index (χ1n) is 8.89. The molecule has 0 saturated heterocycles. The highest BCUT2D eigenvalue weighted by Crippen LogP contribution is 2.38. The van der Waals surface area contributed by atoms with E-state index in [2.05, 4.69) is 15.4 Å². The van der Waals surface area contributed by atoms with Gasteiger partial charge in [-0.3, -0.25) is 4.68 Å². The molecule has 0 saturated carbocycles. The van der Waals surface area contributed by atoms with Crippen LogP contribution in [0.3, 0.4) is 0 Å². The number of pyridine rings is 1. The number of anilines is 1. The number of amides is 2. The molecule has 2 aromatic rings. The largest absolute Gasteiger partial charge is 0.433 e. The lowest BCUT2D eigenvalue weighted by atomic mass is 10.1. The van der Waals surface area contributed by atoms with Gasteiger partial charge in [0.25, 0.3) is 0 Å². The minimum Gasteiger partial charge on any atom is -0.351 e. The van der Waals surface area contributed by atoms with Crippen molar-refractivity contribution < 1.29 is 26.6 Å². The van der Waals surface area contributed by atoms with E-state index < -0.39 is 34.7 Å².